The lowest BCUT2D eigenvalue weighted by molar-refractivity contribution is 0.354. The van der Waals surface area contributed by atoms with Gasteiger partial charge >= 0.3 is 0 Å². The molecule has 5 heteroatoms. The third-order valence-electron chi connectivity index (χ3n) is 13.4. The maximum Gasteiger partial charge on any atom is 0.164 e. The molecule has 284 valence electrons. The fraction of sp³-hybridized carbons (Fsp3) is 0.109. The Morgan fingerprint density at radius 3 is 1.87 bits per heavy atom. The Kier molecular flexibility index (Phi) is 7.37. The molecule has 1 fully saturated rings. The quantitative estimate of drug-likeness (QED) is 0.178. The monoisotopic (exact) mass is 786 g/mol. The number of benzene rings is 8. The Balaban J connectivity index is 1.02. The topological polar surface area (TPSA) is 43.6 Å². The smallest absolute Gasteiger partial charge is 0.164 e. The van der Waals surface area contributed by atoms with Crippen molar-refractivity contribution in [1.82, 2.24) is 19.5 Å². The van der Waals surface area contributed by atoms with Crippen LogP contribution in [0.5, 0.6) is 0 Å². The molecule has 0 N–H and O–H groups in total. The molecular formula is C55H38N4S. The lowest BCUT2D eigenvalue weighted by Gasteiger charge is -2.36. The highest BCUT2D eigenvalue weighted by Crippen LogP contribution is 2.61. The van der Waals surface area contributed by atoms with Crippen LogP contribution in [-0.4, -0.2) is 19.5 Å². The van der Waals surface area contributed by atoms with Crippen LogP contribution in [0.15, 0.2) is 170 Å². The summed E-state index contributed by atoms with van der Waals surface area (Å²) in [6.45, 7) is 0. The lowest BCUT2D eigenvalue weighted by atomic mass is 9.67. The number of fused-ring (bicyclic) bond motifs is 15. The van der Waals surface area contributed by atoms with Crippen molar-refractivity contribution < 1.29 is 0 Å². The van der Waals surface area contributed by atoms with Crippen LogP contribution < -0.4 is 0 Å². The van der Waals surface area contributed by atoms with E-state index in [2.05, 4.69) is 156 Å². The Morgan fingerprint density at radius 1 is 0.467 bits per heavy atom. The molecular weight excluding hydrogens is 749 g/mol. The summed E-state index contributed by atoms with van der Waals surface area (Å²) in [5, 5.41) is 7.87. The van der Waals surface area contributed by atoms with Gasteiger partial charge in [-0.15, -0.1) is 11.3 Å². The minimum absolute atomic E-state index is 0.0213. The Bertz CT molecular complexity index is 3520. The van der Waals surface area contributed by atoms with Crippen LogP contribution in [0.1, 0.15) is 43.2 Å². The highest BCUT2D eigenvalue weighted by molar-refractivity contribution is 7.25. The first-order valence-corrected chi connectivity index (χ1v) is 22.0. The van der Waals surface area contributed by atoms with Crippen LogP contribution in [0.3, 0.4) is 0 Å². The zero-order valence-electron chi connectivity index (χ0n) is 32.9. The van der Waals surface area contributed by atoms with Crippen molar-refractivity contribution in [2.45, 2.75) is 37.5 Å². The number of thiophene rings is 1. The normalized spacial score (nSPS) is 14.5. The van der Waals surface area contributed by atoms with E-state index in [1.807, 2.05) is 29.5 Å². The van der Waals surface area contributed by atoms with Crippen LogP contribution in [0.25, 0.3) is 104 Å². The SMILES string of the molecule is c1ccc(-c2nc(-c3ccc(-n4c5ccccc5c5c6ccccc6c6c(c54)C4(CCCCC4)c4ccccc4-6)cc3)nc(-c3ccc4c(c3)sc3ccccc34)n2)cc1. The van der Waals surface area contributed by atoms with E-state index < -0.39 is 0 Å². The number of aromatic nitrogens is 4. The van der Waals surface area contributed by atoms with E-state index in [9.17, 15) is 0 Å². The zero-order valence-corrected chi connectivity index (χ0v) is 33.7. The predicted molar refractivity (Wildman–Crippen MR) is 250 cm³/mol. The minimum Gasteiger partial charge on any atom is -0.309 e. The maximum atomic E-state index is 5.19. The Labute approximate surface area is 351 Å². The van der Waals surface area contributed by atoms with Crippen molar-refractivity contribution in [1.29, 1.82) is 0 Å². The molecule has 0 saturated heterocycles. The standard InChI is InChI=1S/C55H38N4S/c1-3-15-34(16-4-1)52-56-53(58-54(57-52)36-27-30-39-38-17-9-12-24-46(38)60-47(39)33-36)35-25-28-37(29-26-35)59-45-23-11-8-21-43(45)49-41-19-6-5-18-40(41)48-42-20-7-10-22-44(42)55(50(48)51(49)59)31-13-2-14-32-55/h1,3-12,15-30,33H,2,13-14,31-32H2. The molecule has 1 spiro atoms. The van der Waals surface area contributed by atoms with E-state index in [-0.39, 0.29) is 5.41 Å². The van der Waals surface area contributed by atoms with Crippen LogP contribution >= 0.6 is 11.3 Å². The summed E-state index contributed by atoms with van der Waals surface area (Å²) in [6.07, 6.45) is 6.13. The largest absolute Gasteiger partial charge is 0.309 e. The summed E-state index contributed by atoms with van der Waals surface area (Å²) in [5.41, 5.74) is 12.5. The van der Waals surface area contributed by atoms with Gasteiger partial charge in [0.15, 0.2) is 17.5 Å². The van der Waals surface area contributed by atoms with E-state index in [4.69, 9.17) is 15.0 Å². The number of hydrogen-bond donors (Lipinski definition) is 0. The molecule has 2 aliphatic carbocycles. The summed E-state index contributed by atoms with van der Waals surface area (Å²) in [5.74, 6) is 2.00. The van der Waals surface area contributed by atoms with Gasteiger partial charge in [-0.1, -0.05) is 147 Å². The molecule has 8 aromatic carbocycles. The summed E-state index contributed by atoms with van der Waals surface area (Å²) in [4.78, 5) is 15.4. The van der Waals surface area contributed by atoms with Crippen molar-refractivity contribution >= 4 is 64.1 Å². The highest BCUT2D eigenvalue weighted by atomic mass is 32.1. The fourth-order valence-corrected chi connectivity index (χ4v) is 12.0. The van der Waals surface area contributed by atoms with Gasteiger partial charge in [-0.2, -0.15) is 0 Å². The molecule has 0 amide bonds. The van der Waals surface area contributed by atoms with E-state index >= 15 is 0 Å². The molecule has 3 heterocycles. The van der Waals surface area contributed by atoms with Crippen LogP contribution in [-0.2, 0) is 5.41 Å². The first kappa shape index (κ1) is 34.0. The molecule has 60 heavy (non-hydrogen) atoms. The lowest BCUT2D eigenvalue weighted by Crippen LogP contribution is -2.28. The van der Waals surface area contributed by atoms with Crippen molar-refractivity contribution in [3.8, 4) is 51.0 Å². The van der Waals surface area contributed by atoms with Crippen LogP contribution in [0.2, 0.25) is 0 Å². The van der Waals surface area contributed by atoms with Gasteiger partial charge < -0.3 is 4.57 Å². The summed E-state index contributed by atoms with van der Waals surface area (Å²) < 4.78 is 5.08. The van der Waals surface area contributed by atoms with Crippen molar-refractivity contribution in [2.24, 2.45) is 0 Å². The third-order valence-corrected chi connectivity index (χ3v) is 14.5. The first-order valence-electron chi connectivity index (χ1n) is 21.2. The molecule has 13 rings (SSSR count). The predicted octanol–water partition coefficient (Wildman–Crippen LogP) is 14.7. The second-order valence-corrected chi connectivity index (χ2v) is 17.7. The Hall–Kier alpha value is -6.95. The molecule has 0 unspecified atom stereocenters. The number of hydrogen-bond acceptors (Lipinski definition) is 4. The average Bonchev–Trinajstić information content (AvgIpc) is 3.96. The van der Waals surface area contributed by atoms with Gasteiger partial charge in [-0.25, -0.2) is 15.0 Å². The molecule has 2 aliphatic rings. The summed E-state index contributed by atoms with van der Waals surface area (Å²) in [7, 11) is 0. The summed E-state index contributed by atoms with van der Waals surface area (Å²) in [6, 6.07) is 61.9. The highest BCUT2D eigenvalue weighted by Gasteiger charge is 2.46. The van der Waals surface area contributed by atoms with E-state index in [1.54, 1.807) is 0 Å². The van der Waals surface area contributed by atoms with Gasteiger partial charge in [-0.05, 0) is 88.3 Å². The van der Waals surface area contributed by atoms with E-state index in [0.717, 1.165) is 22.4 Å². The van der Waals surface area contributed by atoms with E-state index in [1.165, 1.54) is 107 Å². The average molecular weight is 787 g/mol. The van der Waals surface area contributed by atoms with Gasteiger partial charge in [0.1, 0.15) is 0 Å². The number of para-hydroxylation sites is 1. The molecule has 4 nitrogen and oxygen atoms in total. The number of rotatable bonds is 4. The van der Waals surface area contributed by atoms with E-state index in [0.29, 0.717) is 17.5 Å². The van der Waals surface area contributed by atoms with Gasteiger partial charge in [0.05, 0.1) is 11.0 Å². The fourth-order valence-electron chi connectivity index (χ4n) is 10.8. The number of nitrogens with zero attached hydrogens (tertiary/aromatic N) is 4. The second kappa shape index (κ2) is 13.0. The molecule has 0 radical (unpaired) electrons. The molecule has 0 aliphatic heterocycles. The van der Waals surface area contributed by atoms with Crippen molar-refractivity contribution in [3.63, 3.8) is 0 Å². The van der Waals surface area contributed by atoms with Gasteiger partial charge in [0.25, 0.3) is 0 Å². The van der Waals surface area contributed by atoms with Crippen LogP contribution in [0, 0.1) is 0 Å². The molecule has 3 aromatic heterocycles. The third kappa shape index (κ3) is 4.87. The van der Waals surface area contributed by atoms with Crippen molar-refractivity contribution in [2.75, 3.05) is 0 Å². The van der Waals surface area contributed by atoms with Crippen molar-refractivity contribution in [3.05, 3.63) is 181 Å². The maximum absolute atomic E-state index is 5.19. The Morgan fingerprint density at radius 2 is 1.07 bits per heavy atom. The first-order chi connectivity index (χ1) is 29.7. The van der Waals surface area contributed by atoms with Gasteiger partial charge in [-0.3, -0.25) is 0 Å². The minimum atomic E-state index is -0.0213. The van der Waals surface area contributed by atoms with Crippen LogP contribution in [0.4, 0.5) is 0 Å². The zero-order chi connectivity index (χ0) is 39.4. The molecule has 1 saturated carbocycles. The molecule has 0 atom stereocenters. The van der Waals surface area contributed by atoms with Gasteiger partial charge in [0, 0.05) is 58.7 Å². The van der Waals surface area contributed by atoms with Gasteiger partial charge in [0.2, 0.25) is 0 Å². The summed E-state index contributed by atoms with van der Waals surface area (Å²) >= 11 is 1.81. The second-order valence-electron chi connectivity index (χ2n) is 16.6. The molecule has 11 aromatic rings. The molecule has 0 bridgehead atoms.